The summed E-state index contributed by atoms with van der Waals surface area (Å²) in [6.07, 6.45) is 0. The van der Waals surface area contributed by atoms with Crippen molar-refractivity contribution in [3.05, 3.63) is 16.6 Å². The van der Waals surface area contributed by atoms with Gasteiger partial charge in [-0.05, 0) is 11.8 Å². The summed E-state index contributed by atoms with van der Waals surface area (Å²) in [5, 5.41) is 25.3. The van der Waals surface area contributed by atoms with Crippen LogP contribution in [0.4, 0.5) is 0 Å². The van der Waals surface area contributed by atoms with Crippen LogP contribution >= 0.6 is 0 Å². The van der Waals surface area contributed by atoms with Crippen molar-refractivity contribution in [3.8, 4) is 0 Å². The fourth-order valence-corrected chi connectivity index (χ4v) is 0.756. The number of hydrogen-bond donors (Lipinski definition) is 1. The third kappa shape index (κ3) is 1.14. The lowest BCUT2D eigenvalue weighted by Gasteiger charge is -1.91. The zero-order chi connectivity index (χ0) is 8.43. The molecular weight excluding hydrogens is 150 g/mol. The first-order chi connectivity index (χ1) is 5.16. The maximum Gasteiger partial charge on any atom is 0.245 e. The summed E-state index contributed by atoms with van der Waals surface area (Å²) in [5.74, 6) is 0. The van der Waals surface area contributed by atoms with Crippen LogP contribution in [0.2, 0.25) is 0 Å². The molecule has 0 atom stereocenters. The van der Waals surface area contributed by atoms with Crippen LogP contribution in [0, 0.1) is 12.1 Å². The van der Waals surface area contributed by atoms with E-state index < -0.39 is 0 Å². The molecule has 60 valence electrons. The molecule has 6 heteroatoms. The van der Waals surface area contributed by atoms with Crippen molar-refractivity contribution in [1.82, 2.24) is 5.16 Å². The molecule has 1 heterocycles. The van der Waals surface area contributed by atoms with Crippen LogP contribution < -0.4 is 4.90 Å². The quantitative estimate of drug-likeness (QED) is 0.265. The number of nitrogens with zero attached hydrogens (tertiary/aromatic N) is 3. The molecular formula is C5H7N3O3. The highest BCUT2D eigenvalue weighted by molar-refractivity contribution is 5.95. The SMILES string of the molecule is C/C(=N/O)c1c(C)no[n+]1[O-]. The summed E-state index contributed by atoms with van der Waals surface area (Å²) in [6.45, 7) is 3.07. The molecule has 0 unspecified atom stereocenters. The van der Waals surface area contributed by atoms with Crippen LogP contribution in [-0.4, -0.2) is 16.1 Å². The van der Waals surface area contributed by atoms with Crippen molar-refractivity contribution in [1.29, 1.82) is 0 Å². The molecule has 0 spiro atoms. The molecule has 1 N–H and O–H groups in total. The second-order valence-electron chi connectivity index (χ2n) is 2.05. The molecule has 0 bridgehead atoms. The van der Waals surface area contributed by atoms with E-state index in [9.17, 15) is 5.21 Å². The Morgan fingerprint density at radius 2 is 2.45 bits per heavy atom. The molecule has 6 nitrogen and oxygen atoms in total. The number of aryl methyl sites for hydroxylation is 1. The van der Waals surface area contributed by atoms with Crippen LogP contribution in [-0.2, 0) is 0 Å². The lowest BCUT2D eigenvalue weighted by molar-refractivity contribution is -0.803. The van der Waals surface area contributed by atoms with Crippen LogP contribution in [0.25, 0.3) is 0 Å². The average molecular weight is 157 g/mol. The van der Waals surface area contributed by atoms with Crippen LogP contribution in [0.1, 0.15) is 18.3 Å². The lowest BCUT2D eigenvalue weighted by atomic mass is 10.2. The average Bonchev–Trinajstić information content (AvgIpc) is 2.30. The van der Waals surface area contributed by atoms with E-state index in [-0.39, 0.29) is 16.3 Å². The minimum Gasteiger partial charge on any atom is -0.411 e. The second kappa shape index (κ2) is 2.57. The van der Waals surface area contributed by atoms with Crippen molar-refractivity contribution < 1.29 is 14.7 Å². The monoisotopic (exact) mass is 157 g/mol. The minimum absolute atomic E-state index is 0.146. The molecule has 0 radical (unpaired) electrons. The van der Waals surface area contributed by atoms with Gasteiger partial charge in [0.2, 0.25) is 11.4 Å². The summed E-state index contributed by atoms with van der Waals surface area (Å²) in [7, 11) is 0. The lowest BCUT2D eigenvalue weighted by Crippen LogP contribution is -2.30. The first-order valence-electron chi connectivity index (χ1n) is 2.92. The van der Waals surface area contributed by atoms with Crippen LogP contribution in [0.3, 0.4) is 0 Å². The Morgan fingerprint density at radius 3 is 2.82 bits per heavy atom. The van der Waals surface area contributed by atoms with E-state index in [0.29, 0.717) is 5.69 Å². The molecule has 0 saturated heterocycles. The maximum atomic E-state index is 10.7. The Hall–Kier alpha value is -1.59. The molecule has 0 aliphatic heterocycles. The normalized spacial score (nSPS) is 12.0. The highest BCUT2D eigenvalue weighted by Gasteiger charge is 2.17. The smallest absolute Gasteiger partial charge is 0.245 e. The Bertz CT molecular complexity index is 272. The Balaban J connectivity index is 3.21. The van der Waals surface area contributed by atoms with Crippen LogP contribution in [0.15, 0.2) is 9.78 Å². The van der Waals surface area contributed by atoms with Gasteiger partial charge in [0.05, 0.1) is 0 Å². The van der Waals surface area contributed by atoms with E-state index >= 15 is 0 Å². The maximum absolute atomic E-state index is 10.7. The topological polar surface area (TPSA) is 85.6 Å². The summed E-state index contributed by atoms with van der Waals surface area (Å²) in [6, 6.07) is 0. The van der Waals surface area contributed by atoms with Crippen molar-refractivity contribution in [2.45, 2.75) is 13.8 Å². The van der Waals surface area contributed by atoms with Crippen LogP contribution in [0.5, 0.6) is 0 Å². The standard InChI is InChI=1S/C5H7N3O3/c1-3(6-9)5-4(2)7-11-8(5)10/h9H,1-2H3/b6-3-. The van der Waals surface area contributed by atoms with Gasteiger partial charge < -0.3 is 10.4 Å². The number of oxime groups is 1. The van der Waals surface area contributed by atoms with Gasteiger partial charge in [-0.2, -0.15) is 0 Å². The van der Waals surface area contributed by atoms with E-state index in [1.165, 1.54) is 6.92 Å². The molecule has 0 aliphatic rings. The Labute approximate surface area is 62.3 Å². The molecule has 1 aromatic rings. The minimum atomic E-state index is 0.146. The largest absolute Gasteiger partial charge is 0.411 e. The van der Waals surface area contributed by atoms with E-state index in [2.05, 4.69) is 14.9 Å². The van der Waals surface area contributed by atoms with Gasteiger partial charge in [0, 0.05) is 12.1 Å². The zero-order valence-electron chi connectivity index (χ0n) is 6.11. The van der Waals surface area contributed by atoms with Gasteiger partial charge >= 0.3 is 0 Å². The van der Waals surface area contributed by atoms with Crippen molar-refractivity contribution in [2.24, 2.45) is 5.16 Å². The number of hydrogen-bond acceptors (Lipinski definition) is 5. The van der Waals surface area contributed by atoms with Gasteiger partial charge in [-0.15, -0.1) is 0 Å². The Kier molecular flexibility index (Phi) is 1.75. The van der Waals surface area contributed by atoms with Crippen molar-refractivity contribution >= 4 is 5.71 Å². The summed E-state index contributed by atoms with van der Waals surface area (Å²) in [4.78, 5) is 0.199. The van der Waals surface area contributed by atoms with Gasteiger partial charge in [0.25, 0.3) is 0 Å². The molecule has 1 rings (SSSR count). The summed E-state index contributed by atoms with van der Waals surface area (Å²) >= 11 is 0. The van der Waals surface area contributed by atoms with Gasteiger partial charge in [0.1, 0.15) is 5.71 Å². The third-order valence-corrected chi connectivity index (χ3v) is 1.27. The summed E-state index contributed by atoms with van der Waals surface area (Å²) < 4.78 is 4.24. The molecule has 1 aromatic heterocycles. The van der Waals surface area contributed by atoms with Crippen molar-refractivity contribution in [2.75, 3.05) is 0 Å². The predicted molar refractivity (Wildman–Crippen MR) is 34.2 cm³/mol. The highest BCUT2D eigenvalue weighted by atomic mass is 16.8. The van der Waals surface area contributed by atoms with Gasteiger partial charge in [-0.3, -0.25) is 4.63 Å². The number of aromatic nitrogens is 2. The first-order valence-corrected chi connectivity index (χ1v) is 2.92. The zero-order valence-corrected chi connectivity index (χ0v) is 6.11. The van der Waals surface area contributed by atoms with E-state index in [1.54, 1.807) is 6.92 Å². The van der Waals surface area contributed by atoms with E-state index in [4.69, 9.17) is 5.21 Å². The van der Waals surface area contributed by atoms with Gasteiger partial charge in [-0.25, -0.2) is 0 Å². The molecule has 0 fully saturated rings. The fourth-order valence-electron chi connectivity index (χ4n) is 0.756. The van der Waals surface area contributed by atoms with E-state index in [1.807, 2.05) is 0 Å². The number of rotatable bonds is 1. The molecule has 0 saturated carbocycles. The predicted octanol–water partition coefficient (Wildman–Crippen LogP) is -0.185. The van der Waals surface area contributed by atoms with Crippen molar-refractivity contribution in [3.63, 3.8) is 0 Å². The third-order valence-electron chi connectivity index (χ3n) is 1.27. The summed E-state index contributed by atoms with van der Waals surface area (Å²) in [5.41, 5.74) is 0.724. The molecule has 11 heavy (non-hydrogen) atoms. The Morgan fingerprint density at radius 1 is 1.82 bits per heavy atom. The van der Waals surface area contributed by atoms with Gasteiger partial charge in [-0.1, -0.05) is 5.16 Å². The fraction of sp³-hybridized carbons (Fsp3) is 0.400. The first kappa shape index (κ1) is 7.52. The molecule has 0 amide bonds. The molecule has 0 aromatic carbocycles. The van der Waals surface area contributed by atoms with E-state index in [0.717, 1.165) is 0 Å². The molecule has 0 aliphatic carbocycles. The highest BCUT2D eigenvalue weighted by Crippen LogP contribution is 1.99. The van der Waals surface area contributed by atoms with Gasteiger partial charge in [0.15, 0.2) is 0 Å². The second-order valence-corrected chi connectivity index (χ2v) is 2.05.